The molecule has 0 radical (unpaired) electrons. The van der Waals surface area contributed by atoms with Gasteiger partial charge in [-0.05, 0) is 5.92 Å². The number of aliphatic hydroxyl groups is 1. The molecular weight excluding hydrogens is 288 g/mol. The van der Waals surface area contributed by atoms with E-state index in [0.29, 0.717) is 6.54 Å². The third-order valence-electron chi connectivity index (χ3n) is 3.59. The van der Waals surface area contributed by atoms with Crippen LogP contribution in [0.4, 0.5) is 0 Å². The van der Waals surface area contributed by atoms with Crippen molar-refractivity contribution in [2.45, 2.75) is 39.3 Å². The molecule has 0 atom stereocenters. The van der Waals surface area contributed by atoms with Crippen LogP contribution in [-0.4, -0.2) is 36.3 Å². The lowest BCUT2D eigenvalue weighted by Gasteiger charge is -2.14. The van der Waals surface area contributed by atoms with Gasteiger partial charge in [-0.3, -0.25) is 19.3 Å². The molecule has 22 heavy (non-hydrogen) atoms. The van der Waals surface area contributed by atoms with E-state index in [-0.39, 0.29) is 34.9 Å². The molecule has 0 spiro atoms. The van der Waals surface area contributed by atoms with Gasteiger partial charge in [0.1, 0.15) is 5.65 Å². The molecule has 2 aromatic rings. The molecule has 0 unspecified atom stereocenters. The molecule has 1 fully saturated rings. The van der Waals surface area contributed by atoms with Gasteiger partial charge in [-0.2, -0.15) is 4.52 Å². The average molecular weight is 307 g/mol. The highest BCUT2D eigenvalue weighted by Crippen LogP contribution is 2.18. The summed E-state index contributed by atoms with van der Waals surface area (Å²) in [4.78, 5) is 26.8. The maximum Gasteiger partial charge on any atom is 0.377 e. The normalized spacial score (nSPS) is 15.9. The first-order chi connectivity index (χ1) is 10.4. The minimum atomic E-state index is -0.666. The van der Waals surface area contributed by atoms with E-state index in [0.717, 1.165) is 17.4 Å². The Bertz CT molecular complexity index is 867. The van der Waals surface area contributed by atoms with Crippen molar-refractivity contribution in [2.75, 3.05) is 0 Å². The average Bonchev–Trinajstić information content (AvgIpc) is 3.14. The number of fused-ring (bicyclic) bond motifs is 1. The minimum Gasteiger partial charge on any atom is -0.494 e. The van der Waals surface area contributed by atoms with Crippen molar-refractivity contribution in [3.8, 4) is 5.88 Å². The van der Waals surface area contributed by atoms with Crippen molar-refractivity contribution < 1.29 is 15.2 Å². The fourth-order valence-corrected chi connectivity index (χ4v) is 2.43. The molecule has 0 saturated heterocycles. The number of aromatic hydroxyl groups is 1. The molecule has 0 aromatic carbocycles. The summed E-state index contributed by atoms with van der Waals surface area (Å²) in [6, 6.07) is 1.37. The molecule has 2 heterocycles. The summed E-state index contributed by atoms with van der Waals surface area (Å²) < 4.78 is 2.49. The number of aliphatic hydroxyl groups excluding tert-OH is 1. The molecule has 3 rings (SSSR count). The predicted molar refractivity (Wildman–Crippen MR) is 79.5 cm³/mol. The lowest BCUT2D eigenvalue weighted by atomic mass is 10.2. The van der Waals surface area contributed by atoms with Gasteiger partial charge in [-0.25, -0.2) is 4.99 Å². The Kier molecular flexibility index (Phi) is 3.31. The van der Waals surface area contributed by atoms with Gasteiger partial charge in [-0.15, -0.1) is 0 Å². The fraction of sp³-hybridized carbons (Fsp3) is 0.500. The van der Waals surface area contributed by atoms with Crippen molar-refractivity contribution in [3.05, 3.63) is 32.3 Å². The summed E-state index contributed by atoms with van der Waals surface area (Å²) in [5.41, 5.74) is -1.07. The first-order valence-electron chi connectivity index (χ1n) is 7.29. The van der Waals surface area contributed by atoms with E-state index in [1.165, 1.54) is 10.6 Å². The van der Waals surface area contributed by atoms with Crippen LogP contribution in [0, 0.1) is 5.92 Å². The Balaban J connectivity index is 2.31. The second-order valence-corrected chi connectivity index (χ2v) is 6.09. The number of aromatic nitrogens is 3. The van der Waals surface area contributed by atoms with Gasteiger partial charge in [0.2, 0.25) is 11.4 Å². The molecule has 1 saturated carbocycles. The van der Waals surface area contributed by atoms with Crippen LogP contribution in [0.3, 0.4) is 0 Å². The molecular formula is C14H19N4O4+. The van der Waals surface area contributed by atoms with Crippen LogP contribution in [0.15, 0.2) is 15.7 Å². The summed E-state index contributed by atoms with van der Waals surface area (Å²) >= 11 is 0. The predicted octanol–water partition coefficient (Wildman–Crippen LogP) is -1.30. The van der Waals surface area contributed by atoms with Gasteiger partial charge in [0.25, 0.3) is 11.1 Å². The van der Waals surface area contributed by atoms with Crippen molar-refractivity contribution in [2.24, 2.45) is 5.92 Å². The number of rotatable bonds is 4. The maximum absolute atomic E-state index is 12.4. The lowest BCUT2D eigenvalue weighted by Crippen LogP contribution is -2.75. The highest BCUT2D eigenvalue weighted by Gasteiger charge is 2.32. The molecule has 4 N–H and O–H groups in total. The molecule has 0 aliphatic heterocycles. The molecule has 8 heteroatoms. The molecule has 2 aromatic heterocycles. The van der Waals surface area contributed by atoms with Crippen molar-refractivity contribution in [1.29, 1.82) is 0 Å². The van der Waals surface area contributed by atoms with Gasteiger partial charge in [0.05, 0.1) is 0 Å². The highest BCUT2D eigenvalue weighted by molar-refractivity contribution is 5.90. The Morgan fingerprint density at radius 1 is 1.45 bits per heavy atom. The van der Waals surface area contributed by atoms with Crippen molar-refractivity contribution in [3.63, 3.8) is 0 Å². The molecule has 0 amide bonds. The monoisotopic (exact) mass is 307 g/mol. The second-order valence-electron chi connectivity index (χ2n) is 6.09. The Morgan fingerprint density at radius 3 is 2.73 bits per heavy atom. The van der Waals surface area contributed by atoms with Crippen LogP contribution < -0.4 is 16.1 Å². The molecule has 1 aliphatic carbocycles. The zero-order chi connectivity index (χ0) is 16.0. The zero-order valence-electron chi connectivity index (χ0n) is 12.5. The van der Waals surface area contributed by atoms with Crippen molar-refractivity contribution in [1.82, 2.24) is 14.2 Å². The first-order valence-corrected chi connectivity index (χ1v) is 7.29. The first kappa shape index (κ1) is 14.4. The van der Waals surface area contributed by atoms with E-state index in [9.17, 15) is 19.8 Å². The Labute approximate surface area is 125 Å². The number of nitrogens with zero attached hydrogens (tertiary/aromatic N) is 2. The third kappa shape index (κ3) is 2.40. The smallest absolute Gasteiger partial charge is 0.377 e. The molecule has 1 aliphatic rings. The van der Waals surface area contributed by atoms with E-state index < -0.39 is 11.1 Å². The van der Waals surface area contributed by atoms with E-state index in [1.54, 1.807) is 0 Å². The highest BCUT2D eigenvalue weighted by atomic mass is 16.3. The molecule has 118 valence electrons. The second kappa shape index (κ2) is 5.04. The van der Waals surface area contributed by atoms with E-state index >= 15 is 0 Å². The summed E-state index contributed by atoms with van der Waals surface area (Å²) in [6.07, 6.45) is 1.82. The molecule has 0 bridgehead atoms. The van der Waals surface area contributed by atoms with Gasteiger partial charge in [-0.1, -0.05) is 13.8 Å². The van der Waals surface area contributed by atoms with Crippen LogP contribution in [0.1, 0.15) is 32.3 Å². The summed E-state index contributed by atoms with van der Waals surface area (Å²) in [5.74, 6) is -0.532. The van der Waals surface area contributed by atoms with Crippen molar-refractivity contribution >= 4 is 11.5 Å². The summed E-state index contributed by atoms with van der Waals surface area (Å²) in [5, 5.41) is 23.0. The number of H-pyrrole nitrogens is 1. The van der Waals surface area contributed by atoms with Crippen LogP contribution in [0.25, 0.3) is 5.65 Å². The maximum atomic E-state index is 12.4. The SMILES string of the molecule is CC(C)Cn1c(O)c(C(O)=[NH+]C2CC2)c(=O)n2[nH]c(=O)cc12. The summed E-state index contributed by atoms with van der Waals surface area (Å²) in [6.45, 7) is 4.30. The largest absolute Gasteiger partial charge is 0.494 e. The zero-order valence-corrected chi connectivity index (χ0v) is 12.5. The Hall–Kier alpha value is -2.51. The lowest BCUT2D eigenvalue weighted by molar-refractivity contribution is -0.481. The van der Waals surface area contributed by atoms with Gasteiger partial charge < -0.3 is 10.2 Å². The number of nitrogens with one attached hydrogen (secondary N) is 2. The van der Waals surface area contributed by atoms with Crippen LogP contribution >= 0.6 is 0 Å². The minimum absolute atomic E-state index is 0.122. The summed E-state index contributed by atoms with van der Waals surface area (Å²) in [7, 11) is 0. The Morgan fingerprint density at radius 2 is 2.14 bits per heavy atom. The van der Waals surface area contributed by atoms with Gasteiger partial charge in [0, 0.05) is 25.5 Å². The fourth-order valence-electron chi connectivity index (χ4n) is 2.43. The standard InChI is InChI=1S/C14H18N4O4/c1-7(2)6-17-10-5-9(19)16-18(10)14(22)11(13(17)21)12(20)15-8-3-4-8/h5,7-8,21H,3-4,6H2,1-2H3,(H,15,20)(H,16,19)/p+1. The van der Waals surface area contributed by atoms with Crippen LogP contribution in [-0.2, 0) is 6.54 Å². The topological polar surface area (TPSA) is 114 Å². The third-order valence-corrected chi connectivity index (χ3v) is 3.59. The van der Waals surface area contributed by atoms with E-state index in [1.807, 2.05) is 13.8 Å². The van der Waals surface area contributed by atoms with Crippen LogP contribution in [0.5, 0.6) is 5.88 Å². The van der Waals surface area contributed by atoms with E-state index in [4.69, 9.17) is 0 Å². The number of hydrogen-bond donors (Lipinski definition) is 4. The van der Waals surface area contributed by atoms with Crippen LogP contribution in [0.2, 0.25) is 0 Å². The van der Waals surface area contributed by atoms with Gasteiger partial charge >= 0.3 is 5.90 Å². The van der Waals surface area contributed by atoms with Gasteiger partial charge in [0.15, 0.2) is 6.04 Å². The quantitative estimate of drug-likeness (QED) is 0.415. The number of hydrogen-bond acceptors (Lipinski definition) is 3. The van der Waals surface area contributed by atoms with E-state index in [2.05, 4.69) is 10.1 Å². The molecule has 8 nitrogen and oxygen atoms in total. The number of aromatic amines is 1.